The van der Waals surface area contributed by atoms with Crippen molar-refractivity contribution in [2.45, 2.75) is 17.9 Å². The summed E-state index contributed by atoms with van der Waals surface area (Å²) in [7, 11) is -1.53. The zero-order chi connectivity index (χ0) is 12.9. The molecule has 0 saturated carbocycles. The molecule has 0 aromatic heterocycles. The highest BCUT2D eigenvalue weighted by atomic mass is 32.2. The van der Waals surface area contributed by atoms with Crippen LogP contribution in [0.15, 0.2) is 29.2 Å². The van der Waals surface area contributed by atoms with Gasteiger partial charge in [-0.25, -0.2) is 8.42 Å². The van der Waals surface area contributed by atoms with E-state index in [0.29, 0.717) is 11.5 Å². The van der Waals surface area contributed by atoms with E-state index >= 15 is 0 Å². The summed E-state index contributed by atoms with van der Waals surface area (Å²) in [6.45, 7) is 3.32. The van der Waals surface area contributed by atoms with Crippen molar-refractivity contribution in [1.29, 1.82) is 0 Å². The Morgan fingerprint density at radius 2 is 2.12 bits per heavy atom. The SMILES string of the molecule is CCNC(COC)c1cccc(S(C)(=O)=O)c1. The maximum Gasteiger partial charge on any atom is 0.175 e. The van der Waals surface area contributed by atoms with Gasteiger partial charge in [0, 0.05) is 13.4 Å². The van der Waals surface area contributed by atoms with Gasteiger partial charge in [0.1, 0.15) is 0 Å². The fourth-order valence-corrected chi connectivity index (χ4v) is 2.32. The molecule has 1 rings (SSSR count). The van der Waals surface area contributed by atoms with E-state index in [1.54, 1.807) is 25.3 Å². The highest BCUT2D eigenvalue weighted by Crippen LogP contribution is 2.18. The van der Waals surface area contributed by atoms with Crippen molar-refractivity contribution in [2.75, 3.05) is 26.5 Å². The Bertz CT molecular complexity index is 451. The average molecular weight is 257 g/mol. The minimum absolute atomic E-state index is 0.0201. The molecule has 17 heavy (non-hydrogen) atoms. The van der Waals surface area contributed by atoms with Crippen LogP contribution in [0.2, 0.25) is 0 Å². The van der Waals surface area contributed by atoms with Crippen LogP contribution in [0.4, 0.5) is 0 Å². The zero-order valence-electron chi connectivity index (χ0n) is 10.4. The number of hydrogen-bond donors (Lipinski definition) is 1. The van der Waals surface area contributed by atoms with Crippen molar-refractivity contribution >= 4 is 9.84 Å². The molecular formula is C12H19NO3S. The molecular weight excluding hydrogens is 238 g/mol. The van der Waals surface area contributed by atoms with Crippen molar-refractivity contribution < 1.29 is 13.2 Å². The van der Waals surface area contributed by atoms with Crippen LogP contribution in [0.3, 0.4) is 0 Å². The van der Waals surface area contributed by atoms with Gasteiger partial charge in [-0.2, -0.15) is 0 Å². The van der Waals surface area contributed by atoms with Gasteiger partial charge in [-0.15, -0.1) is 0 Å². The summed E-state index contributed by atoms with van der Waals surface area (Å²) in [6.07, 6.45) is 1.21. The second-order valence-corrected chi connectivity index (χ2v) is 5.93. The Morgan fingerprint density at radius 3 is 2.65 bits per heavy atom. The fourth-order valence-electron chi connectivity index (χ4n) is 1.65. The van der Waals surface area contributed by atoms with Crippen LogP contribution < -0.4 is 5.32 Å². The minimum atomic E-state index is -3.16. The Hall–Kier alpha value is -0.910. The lowest BCUT2D eigenvalue weighted by atomic mass is 10.1. The molecule has 96 valence electrons. The average Bonchev–Trinajstić information content (AvgIpc) is 2.28. The molecule has 0 aliphatic carbocycles. The number of hydrogen-bond acceptors (Lipinski definition) is 4. The Labute approximate surface area is 103 Å². The van der Waals surface area contributed by atoms with Crippen molar-refractivity contribution in [2.24, 2.45) is 0 Å². The van der Waals surface area contributed by atoms with Crippen LogP contribution in [-0.4, -0.2) is 34.9 Å². The van der Waals surface area contributed by atoms with Crippen molar-refractivity contribution in [3.05, 3.63) is 29.8 Å². The molecule has 5 heteroatoms. The molecule has 0 fully saturated rings. The number of ether oxygens (including phenoxy) is 1. The first-order chi connectivity index (χ1) is 7.99. The Morgan fingerprint density at radius 1 is 1.41 bits per heavy atom. The van der Waals surface area contributed by atoms with Gasteiger partial charge in [-0.05, 0) is 24.2 Å². The highest BCUT2D eigenvalue weighted by Gasteiger charge is 2.13. The smallest absolute Gasteiger partial charge is 0.175 e. The van der Waals surface area contributed by atoms with Crippen LogP contribution in [0.1, 0.15) is 18.5 Å². The van der Waals surface area contributed by atoms with E-state index in [1.165, 1.54) is 6.26 Å². The number of benzene rings is 1. The summed E-state index contributed by atoms with van der Waals surface area (Å²) < 4.78 is 28.1. The normalized spacial score (nSPS) is 13.6. The topological polar surface area (TPSA) is 55.4 Å². The maximum absolute atomic E-state index is 11.5. The molecule has 0 aliphatic heterocycles. The van der Waals surface area contributed by atoms with E-state index in [4.69, 9.17) is 4.74 Å². The highest BCUT2D eigenvalue weighted by molar-refractivity contribution is 7.90. The van der Waals surface area contributed by atoms with E-state index in [2.05, 4.69) is 5.32 Å². The molecule has 0 bridgehead atoms. The predicted molar refractivity (Wildman–Crippen MR) is 67.8 cm³/mol. The number of rotatable bonds is 6. The van der Waals surface area contributed by atoms with Gasteiger partial charge >= 0.3 is 0 Å². The molecule has 1 aromatic rings. The van der Waals surface area contributed by atoms with Gasteiger partial charge in [0.2, 0.25) is 0 Å². The summed E-state index contributed by atoms with van der Waals surface area (Å²) in [5, 5.41) is 3.26. The quantitative estimate of drug-likeness (QED) is 0.836. The van der Waals surface area contributed by atoms with Crippen LogP contribution in [0, 0.1) is 0 Å². The number of methoxy groups -OCH3 is 1. The first-order valence-electron chi connectivity index (χ1n) is 5.51. The second kappa shape index (κ2) is 6.14. The molecule has 1 unspecified atom stereocenters. The van der Waals surface area contributed by atoms with E-state index in [0.717, 1.165) is 12.1 Å². The minimum Gasteiger partial charge on any atom is -0.383 e. The standard InChI is InChI=1S/C12H19NO3S/c1-4-13-12(9-16-2)10-6-5-7-11(8-10)17(3,14)15/h5-8,12-13H,4,9H2,1-3H3. The third-order valence-corrected chi connectivity index (χ3v) is 3.58. The van der Waals surface area contributed by atoms with E-state index in [9.17, 15) is 8.42 Å². The molecule has 4 nitrogen and oxygen atoms in total. The van der Waals surface area contributed by atoms with Crippen LogP contribution in [-0.2, 0) is 14.6 Å². The second-order valence-electron chi connectivity index (χ2n) is 3.91. The Balaban J connectivity index is 3.04. The van der Waals surface area contributed by atoms with Gasteiger partial charge in [0.15, 0.2) is 9.84 Å². The first-order valence-corrected chi connectivity index (χ1v) is 7.40. The van der Waals surface area contributed by atoms with Crippen molar-refractivity contribution in [3.8, 4) is 0 Å². The monoisotopic (exact) mass is 257 g/mol. The summed E-state index contributed by atoms with van der Waals surface area (Å²) in [6, 6.07) is 6.98. The van der Waals surface area contributed by atoms with Crippen molar-refractivity contribution in [1.82, 2.24) is 5.32 Å². The van der Waals surface area contributed by atoms with Crippen LogP contribution in [0.5, 0.6) is 0 Å². The van der Waals surface area contributed by atoms with E-state index < -0.39 is 9.84 Å². The lowest BCUT2D eigenvalue weighted by molar-refractivity contribution is 0.167. The molecule has 0 radical (unpaired) electrons. The van der Waals surface area contributed by atoms with Gasteiger partial charge in [-0.3, -0.25) is 0 Å². The lowest BCUT2D eigenvalue weighted by Gasteiger charge is -2.17. The van der Waals surface area contributed by atoms with Gasteiger partial charge in [0.05, 0.1) is 17.5 Å². The summed E-state index contributed by atoms with van der Waals surface area (Å²) in [4.78, 5) is 0.342. The number of likely N-dealkylation sites (N-methyl/N-ethyl adjacent to an activating group) is 1. The predicted octanol–water partition coefficient (Wildman–Crippen LogP) is 1.39. The molecule has 0 amide bonds. The van der Waals surface area contributed by atoms with Gasteiger partial charge < -0.3 is 10.1 Å². The molecule has 1 aromatic carbocycles. The molecule has 0 heterocycles. The largest absolute Gasteiger partial charge is 0.383 e. The summed E-state index contributed by atoms with van der Waals surface area (Å²) in [5.74, 6) is 0. The first kappa shape index (κ1) is 14.2. The molecule has 0 spiro atoms. The van der Waals surface area contributed by atoms with Gasteiger partial charge in [0.25, 0.3) is 0 Å². The lowest BCUT2D eigenvalue weighted by Crippen LogP contribution is -2.25. The van der Waals surface area contributed by atoms with Crippen molar-refractivity contribution in [3.63, 3.8) is 0 Å². The van der Waals surface area contributed by atoms with E-state index in [-0.39, 0.29) is 6.04 Å². The fraction of sp³-hybridized carbons (Fsp3) is 0.500. The molecule has 1 N–H and O–H groups in total. The third-order valence-electron chi connectivity index (χ3n) is 2.47. The van der Waals surface area contributed by atoms with E-state index in [1.807, 2.05) is 13.0 Å². The molecule has 1 atom stereocenters. The van der Waals surface area contributed by atoms with Crippen LogP contribution in [0.25, 0.3) is 0 Å². The third kappa shape index (κ3) is 4.11. The number of sulfone groups is 1. The summed E-state index contributed by atoms with van der Waals surface area (Å²) in [5.41, 5.74) is 0.927. The molecule has 0 aliphatic rings. The van der Waals surface area contributed by atoms with Crippen LogP contribution >= 0.6 is 0 Å². The molecule has 0 saturated heterocycles. The summed E-state index contributed by atoms with van der Waals surface area (Å²) >= 11 is 0. The maximum atomic E-state index is 11.5. The van der Waals surface area contributed by atoms with Gasteiger partial charge in [-0.1, -0.05) is 19.1 Å². The number of nitrogens with one attached hydrogen (secondary N) is 1. The Kier molecular flexibility index (Phi) is 5.11. The zero-order valence-corrected chi connectivity index (χ0v) is 11.3.